The molecule has 0 amide bonds. The smallest absolute Gasteiger partial charge is 0.234 e. The van der Waals surface area contributed by atoms with Crippen molar-refractivity contribution in [2.45, 2.75) is 207 Å². The van der Waals surface area contributed by atoms with Crippen molar-refractivity contribution in [2.24, 2.45) is 0 Å². The van der Waals surface area contributed by atoms with Crippen molar-refractivity contribution in [3.63, 3.8) is 0 Å². The first kappa shape index (κ1) is 34.2. The van der Waals surface area contributed by atoms with E-state index in [-0.39, 0.29) is 0 Å². The van der Waals surface area contributed by atoms with Crippen LogP contribution in [0.25, 0.3) is 0 Å². The molecular formula is C35H69N2+. The molecule has 1 rings (SSSR count). The molecule has 1 aromatic heterocycles. The predicted octanol–water partition coefficient (Wildman–Crippen LogP) is 11.5. The van der Waals surface area contributed by atoms with Crippen molar-refractivity contribution in [3.8, 4) is 0 Å². The topological polar surface area (TPSA) is 8.81 Å². The number of hydrogen-bond donors (Lipinski definition) is 0. The maximum absolute atomic E-state index is 2.60. The standard InChI is InChI=1S/C35H69N2/c1-4-7-10-12-14-15-16-17-18-19-20-21-22-23-24-26-29-32-37-34-33-36(35(37)30-27-9-6-3)31-28-25-13-11-8-5-2/h33-34H,4-32H2,1-3H3/q+1. The van der Waals surface area contributed by atoms with E-state index in [1.165, 1.54) is 186 Å². The van der Waals surface area contributed by atoms with Crippen LogP contribution in [0, 0.1) is 0 Å². The number of unbranched alkanes of at least 4 members (excludes halogenated alkanes) is 23. The van der Waals surface area contributed by atoms with Gasteiger partial charge in [0.25, 0.3) is 5.82 Å². The molecule has 0 saturated carbocycles. The van der Waals surface area contributed by atoms with Crippen molar-refractivity contribution in [1.29, 1.82) is 0 Å². The third-order valence-electron chi connectivity index (χ3n) is 8.35. The van der Waals surface area contributed by atoms with E-state index in [9.17, 15) is 0 Å². The molecule has 0 radical (unpaired) electrons. The Balaban J connectivity index is 2.07. The van der Waals surface area contributed by atoms with Crippen molar-refractivity contribution in [1.82, 2.24) is 4.57 Å². The fourth-order valence-corrected chi connectivity index (χ4v) is 5.80. The minimum atomic E-state index is 1.22. The van der Waals surface area contributed by atoms with Crippen LogP contribution in [0.2, 0.25) is 0 Å². The molecule has 1 aromatic rings. The summed E-state index contributed by atoms with van der Waals surface area (Å²) in [7, 11) is 0. The van der Waals surface area contributed by atoms with Crippen LogP contribution in [0.4, 0.5) is 0 Å². The van der Waals surface area contributed by atoms with Crippen molar-refractivity contribution in [2.75, 3.05) is 0 Å². The lowest BCUT2D eigenvalue weighted by molar-refractivity contribution is -0.704. The average Bonchev–Trinajstić information content (AvgIpc) is 3.29. The Kier molecular flexibility index (Phi) is 24.8. The number of rotatable bonds is 29. The van der Waals surface area contributed by atoms with Gasteiger partial charge in [-0.25, -0.2) is 9.13 Å². The van der Waals surface area contributed by atoms with E-state index in [2.05, 4.69) is 42.3 Å². The van der Waals surface area contributed by atoms with Crippen LogP contribution in [0.3, 0.4) is 0 Å². The quantitative estimate of drug-likeness (QED) is 0.0737. The van der Waals surface area contributed by atoms with Gasteiger partial charge in [0.2, 0.25) is 0 Å². The van der Waals surface area contributed by atoms with Gasteiger partial charge in [-0.15, -0.1) is 0 Å². The van der Waals surface area contributed by atoms with Crippen molar-refractivity contribution in [3.05, 3.63) is 18.2 Å². The molecule has 0 bridgehead atoms. The van der Waals surface area contributed by atoms with Gasteiger partial charge in [-0.05, 0) is 32.1 Å². The summed E-state index contributed by atoms with van der Waals surface area (Å²) in [6.07, 6.45) is 43.0. The van der Waals surface area contributed by atoms with Gasteiger partial charge in [0.05, 0.1) is 13.1 Å². The minimum Gasteiger partial charge on any atom is -0.234 e. The monoisotopic (exact) mass is 518 g/mol. The summed E-state index contributed by atoms with van der Waals surface area (Å²) in [5.74, 6) is 1.60. The maximum atomic E-state index is 2.60. The van der Waals surface area contributed by atoms with Crippen LogP contribution in [0.5, 0.6) is 0 Å². The van der Waals surface area contributed by atoms with Crippen molar-refractivity contribution < 1.29 is 4.57 Å². The van der Waals surface area contributed by atoms with E-state index in [0.29, 0.717) is 0 Å². The van der Waals surface area contributed by atoms with E-state index >= 15 is 0 Å². The molecule has 0 aliphatic heterocycles. The first-order valence-corrected chi connectivity index (χ1v) is 17.4. The molecule has 0 fully saturated rings. The summed E-state index contributed by atoms with van der Waals surface area (Å²) in [5, 5.41) is 0. The van der Waals surface area contributed by atoms with Gasteiger partial charge >= 0.3 is 0 Å². The van der Waals surface area contributed by atoms with Gasteiger partial charge in [0.1, 0.15) is 12.4 Å². The van der Waals surface area contributed by atoms with Gasteiger partial charge in [0.15, 0.2) is 0 Å². The summed E-state index contributed by atoms with van der Waals surface area (Å²) in [6.45, 7) is 9.38. The van der Waals surface area contributed by atoms with Crippen molar-refractivity contribution >= 4 is 0 Å². The van der Waals surface area contributed by atoms with Gasteiger partial charge in [0, 0.05) is 6.42 Å². The van der Waals surface area contributed by atoms with E-state index < -0.39 is 0 Å². The number of aryl methyl sites for hydroxylation is 2. The van der Waals surface area contributed by atoms with E-state index in [1.54, 1.807) is 5.82 Å². The molecule has 0 spiro atoms. The SMILES string of the molecule is CCCCCCCCCCCCCCCCCCC[n+]1ccn(CCCCCCCC)c1CCCCC. The zero-order valence-corrected chi connectivity index (χ0v) is 26.1. The molecule has 0 atom stereocenters. The Labute approximate surface area is 234 Å². The predicted molar refractivity (Wildman–Crippen MR) is 165 cm³/mol. The van der Waals surface area contributed by atoms with Crippen LogP contribution in [0.15, 0.2) is 12.4 Å². The summed E-state index contributed by atoms with van der Waals surface area (Å²) < 4.78 is 5.18. The molecule has 0 saturated heterocycles. The van der Waals surface area contributed by atoms with Gasteiger partial charge in [-0.3, -0.25) is 0 Å². The van der Waals surface area contributed by atoms with Crippen LogP contribution in [-0.4, -0.2) is 4.57 Å². The van der Waals surface area contributed by atoms with Crippen LogP contribution < -0.4 is 4.57 Å². The van der Waals surface area contributed by atoms with Crippen LogP contribution in [-0.2, 0) is 19.5 Å². The molecule has 0 N–H and O–H groups in total. The highest BCUT2D eigenvalue weighted by Gasteiger charge is 2.16. The molecule has 0 aliphatic carbocycles. The molecular weight excluding hydrogens is 448 g/mol. The number of nitrogens with zero attached hydrogens (tertiary/aromatic N) is 2. The molecule has 0 aromatic carbocycles. The first-order chi connectivity index (χ1) is 18.3. The van der Waals surface area contributed by atoms with E-state index in [1.807, 2.05) is 0 Å². The lowest BCUT2D eigenvalue weighted by atomic mass is 10.0. The lowest BCUT2D eigenvalue weighted by Crippen LogP contribution is -2.37. The highest BCUT2D eigenvalue weighted by molar-refractivity contribution is 4.84. The van der Waals surface area contributed by atoms with E-state index in [4.69, 9.17) is 0 Å². The molecule has 37 heavy (non-hydrogen) atoms. The Hall–Kier alpha value is -0.790. The number of imidazole rings is 1. The Bertz CT molecular complexity index is 576. The maximum Gasteiger partial charge on any atom is 0.256 e. The third-order valence-corrected chi connectivity index (χ3v) is 8.35. The summed E-state index contributed by atoms with van der Waals surface area (Å²) >= 11 is 0. The zero-order valence-electron chi connectivity index (χ0n) is 26.1. The molecule has 218 valence electrons. The Morgan fingerprint density at radius 3 is 1.30 bits per heavy atom. The molecule has 2 heteroatoms. The number of aromatic nitrogens is 2. The summed E-state index contributed by atoms with van der Waals surface area (Å²) in [6, 6.07) is 0. The highest BCUT2D eigenvalue weighted by atomic mass is 15.1. The van der Waals surface area contributed by atoms with E-state index in [0.717, 1.165) is 0 Å². The zero-order chi connectivity index (χ0) is 26.7. The third kappa shape index (κ3) is 19.9. The number of hydrogen-bond acceptors (Lipinski definition) is 0. The van der Waals surface area contributed by atoms with Crippen LogP contribution >= 0.6 is 0 Å². The molecule has 2 nitrogen and oxygen atoms in total. The molecule has 0 aliphatic rings. The molecule has 0 unspecified atom stereocenters. The lowest BCUT2D eigenvalue weighted by Gasteiger charge is -2.06. The fourth-order valence-electron chi connectivity index (χ4n) is 5.80. The minimum absolute atomic E-state index is 1.22. The van der Waals surface area contributed by atoms with Gasteiger partial charge < -0.3 is 0 Å². The van der Waals surface area contributed by atoms with Crippen LogP contribution in [0.1, 0.15) is 194 Å². The average molecular weight is 518 g/mol. The second-order valence-electron chi connectivity index (χ2n) is 12.0. The summed E-state index contributed by atoms with van der Waals surface area (Å²) in [4.78, 5) is 0. The van der Waals surface area contributed by atoms with Gasteiger partial charge in [-0.1, -0.05) is 156 Å². The van der Waals surface area contributed by atoms with Gasteiger partial charge in [-0.2, -0.15) is 0 Å². The largest absolute Gasteiger partial charge is 0.256 e. The summed E-state index contributed by atoms with van der Waals surface area (Å²) in [5.41, 5.74) is 0. The first-order valence-electron chi connectivity index (χ1n) is 17.4. The Morgan fingerprint density at radius 2 is 0.838 bits per heavy atom. The second kappa shape index (κ2) is 26.8. The Morgan fingerprint density at radius 1 is 0.459 bits per heavy atom. The highest BCUT2D eigenvalue weighted by Crippen LogP contribution is 2.14. The second-order valence-corrected chi connectivity index (χ2v) is 12.0. The normalized spacial score (nSPS) is 11.5. The molecule has 1 heterocycles. The fraction of sp³-hybridized carbons (Fsp3) is 0.914.